The third-order valence-corrected chi connectivity index (χ3v) is 2.97. The molecule has 1 rings (SSSR count). The molecule has 0 unspecified atom stereocenters. The van der Waals surface area contributed by atoms with Gasteiger partial charge in [0.1, 0.15) is 0 Å². The Morgan fingerprint density at radius 2 is 2.12 bits per heavy atom. The number of carbonyl (C=O) groups excluding carboxylic acids is 1. The molecule has 0 aliphatic rings. The molecule has 0 bridgehead atoms. The summed E-state index contributed by atoms with van der Waals surface area (Å²) in [5, 5.41) is 9.19. The van der Waals surface area contributed by atoms with Crippen LogP contribution in [0.25, 0.3) is 0 Å². The number of benzene rings is 1. The number of ether oxygens (including phenoxy) is 1. The van der Waals surface area contributed by atoms with Crippen molar-refractivity contribution in [2.45, 2.75) is 25.6 Å². The zero-order valence-electron chi connectivity index (χ0n) is 9.92. The van der Waals surface area contributed by atoms with Gasteiger partial charge in [0.05, 0.1) is 25.2 Å². The van der Waals surface area contributed by atoms with Crippen molar-refractivity contribution >= 4 is 17.6 Å². The number of esters is 1. The summed E-state index contributed by atoms with van der Waals surface area (Å²) in [5.41, 5.74) is 2.98. The average molecular weight is 252 g/mol. The summed E-state index contributed by atoms with van der Waals surface area (Å²) in [7, 11) is 1.33. The summed E-state index contributed by atoms with van der Waals surface area (Å²) < 4.78 is 4.64. The van der Waals surface area contributed by atoms with E-state index < -0.39 is 0 Å². The molecule has 0 radical (unpaired) electrons. The second-order valence-electron chi connectivity index (χ2n) is 3.59. The summed E-state index contributed by atoms with van der Waals surface area (Å²) >= 11 is 5.82. The molecule has 0 aliphatic carbocycles. The van der Waals surface area contributed by atoms with Crippen LogP contribution < -0.4 is 0 Å². The quantitative estimate of drug-likeness (QED) is 0.610. The van der Waals surface area contributed by atoms with E-state index >= 15 is 0 Å². The van der Waals surface area contributed by atoms with Crippen LogP contribution in [0.1, 0.15) is 29.2 Å². The van der Waals surface area contributed by atoms with Gasteiger partial charge in [0.25, 0.3) is 0 Å². The molecule has 0 heterocycles. The molecule has 90 valence electrons. The Kier molecular flexibility index (Phi) is 4.99. The van der Waals surface area contributed by atoms with Gasteiger partial charge in [-0.1, -0.05) is 19.1 Å². The largest absolute Gasteiger partial charge is 0.469 e. The minimum absolute atomic E-state index is 0.0925. The SMILES string of the molecule is CCc1ccc(CCl)c(CC(=O)OC)c1C#N. The van der Waals surface area contributed by atoms with Crippen LogP contribution in [-0.4, -0.2) is 13.1 Å². The van der Waals surface area contributed by atoms with Gasteiger partial charge in [-0.15, -0.1) is 11.6 Å². The van der Waals surface area contributed by atoms with Crippen molar-refractivity contribution in [3.8, 4) is 6.07 Å². The number of alkyl halides is 1. The van der Waals surface area contributed by atoms with E-state index in [0.29, 0.717) is 11.1 Å². The Balaban J connectivity index is 3.31. The van der Waals surface area contributed by atoms with Crippen molar-refractivity contribution in [2.24, 2.45) is 0 Å². The maximum atomic E-state index is 11.3. The standard InChI is InChI=1S/C13H14ClNO2/c1-3-9-4-5-10(7-14)11(12(9)8-15)6-13(16)17-2/h4-5H,3,6-7H2,1-2H3. The molecule has 0 atom stereocenters. The van der Waals surface area contributed by atoms with Crippen molar-refractivity contribution in [3.63, 3.8) is 0 Å². The van der Waals surface area contributed by atoms with Crippen molar-refractivity contribution in [1.29, 1.82) is 5.26 Å². The molecule has 0 fully saturated rings. The normalized spacial score (nSPS) is 9.76. The molecular weight excluding hydrogens is 238 g/mol. The van der Waals surface area contributed by atoms with Gasteiger partial charge in [-0.2, -0.15) is 5.26 Å². The number of halogens is 1. The molecule has 3 nitrogen and oxygen atoms in total. The van der Waals surface area contributed by atoms with E-state index in [1.807, 2.05) is 19.1 Å². The first-order chi connectivity index (χ1) is 8.17. The zero-order valence-corrected chi connectivity index (χ0v) is 10.7. The van der Waals surface area contributed by atoms with E-state index in [9.17, 15) is 10.1 Å². The van der Waals surface area contributed by atoms with E-state index in [-0.39, 0.29) is 18.3 Å². The Hall–Kier alpha value is -1.53. The second kappa shape index (κ2) is 6.27. The van der Waals surface area contributed by atoms with E-state index in [1.165, 1.54) is 7.11 Å². The lowest BCUT2D eigenvalue weighted by atomic mass is 9.94. The van der Waals surface area contributed by atoms with Crippen molar-refractivity contribution < 1.29 is 9.53 Å². The number of nitrogens with zero attached hydrogens (tertiary/aromatic N) is 1. The highest BCUT2D eigenvalue weighted by Crippen LogP contribution is 2.22. The number of hydrogen-bond donors (Lipinski definition) is 0. The molecule has 0 saturated carbocycles. The number of hydrogen-bond acceptors (Lipinski definition) is 3. The Bertz CT molecular complexity index is 463. The van der Waals surface area contributed by atoms with E-state index in [1.54, 1.807) is 0 Å². The Morgan fingerprint density at radius 3 is 2.59 bits per heavy atom. The van der Waals surface area contributed by atoms with Crippen molar-refractivity contribution in [1.82, 2.24) is 0 Å². The molecular formula is C13H14ClNO2. The monoisotopic (exact) mass is 251 g/mol. The maximum Gasteiger partial charge on any atom is 0.310 e. The Labute approximate surface area is 106 Å². The summed E-state index contributed by atoms with van der Waals surface area (Å²) in [6.45, 7) is 1.97. The number of carbonyl (C=O) groups is 1. The van der Waals surface area contributed by atoms with Crippen LogP contribution in [0.2, 0.25) is 0 Å². The van der Waals surface area contributed by atoms with Crippen LogP contribution in [0, 0.1) is 11.3 Å². The van der Waals surface area contributed by atoms with E-state index in [2.05, 4.69) is 10.8 Å². The summed E-state index contributed by atoms with van der Waals surface area (Å²) in [4.78, 5) is 11.3. The van der Waals surface area contributed by atoms with Gasteiger partial charge in [0.15, 0.2) is 0 Å². The predicted octanol–water partition coefficient (Wildman–Crippen LogP) is 2.57. The molecule has 0 spiro atoms. The minimum Gasteiger partial charge on any atom is -0.469 e. The number of methoxy groups -OCH3 is 1. The van der Waals surface area contributed by atoms with Crippen LogP contribution in [0.4, 0.5) is 0 Å². The van der Waals surface area contributed by atoms with Gasteiger partial charge in [0.2, 0.25) is 0 Å². The molecule has 1 aromatic carbocycles. The third kappa shape index (κ3) is 2.98. The summed E-state index contributed by atoms with van der Waals surface area (Å²) in [6.07, 6.45) is 0.842. The average Bonchev–Trinajstić information content (AvgIpc) is 2.37. The molecule has 0 aliphatic heterocycles. The van der Waals surface area contributed by atoms with Gasteiger partial charge < -0.3 is 4.74 Å². The molecule has 4 heteroatoms. The zero-order chi connectivity index (χ0) is 12.8. The molecule has 17 heavy (non-hydrogen) atoms. The second-order valence-corrected chi connectivity index (χ2v) is 3.86. The summed E-state index contributed by atoms with van der Waals surface area (Å²) in [6, 6.07) is 5.90. The predicted molar refractivity (Wildman–Crippen MR) is 65.8 cm³/mol. The molecule has 0 amide bonds. The first kappa shape index (κ1) is 13.5. The van der Waals surface area contributed by atoms with Crippen molar-refractivity contribution in [2.75, 3.05) is 7.11 Å². The van der Waals surface area contributed by atoms with E-state index in [4.69, 9.17) is 11.6 Å². The fraction of sp³-hybridized carbons (Fsp3) is 0.385. The number of nitriles is 1. The molecule has 0 aromatic heterocycles. The lowest BCUT2D eigenvalue weighted by Crippen LogP contribution is -2.10. The first-order valence-electron chi connectivity index (χ1n) is 5.34. The highest BCUT2D eigenvalue weighted by molar-refractivity contribution is 6.17. The first-order valence-corrected chi connectivity index (χ1v) is 5.87. The minimum atomic E-state index is -0.360. The smallest absolute Gasteiger partial charge is 0.310 e. The molecule has 0 N–H and O–H groups in total. The molecule has 0 saturated heterocycles. The van der Waals surface area contributed by atoms with Gasteiger partial charge in [-0.3, -0.25) is 4.79 Å². The van der Waals surface area contributed by atoms with Crippen molar-refractivity contribution in [3.05, 3.63) is 34.4 Å². The van der Waals surface area contributed by atoms with Gasteiger partial charge >= 0.3 is 5.97 Å². The highest BCUT2D eigenvalue weighted by Gasteiger charge is 2.15. The third-order valence-electron chi connectivity index (χ3n) is 2.68. The molecule has 1 aromatic rings. The number of aryl methyl sites for hydroxylation is 1. The van der Waals surface area contributed by atoms with Gasteiger partial charge in [-0.05, 0) is 23.1 Å². The lowest BCUT2D eigenvalue weighted by Gasteiger charge is -2.11. The van der Waals surface area contributed by atoms with Gasteiger partial charge in [0, 0.05) is 5.88 Å². The number of rotatable bonds is 4. The topological polar surface area (TPSA) is 50.1 Å². The Morgan fingerprint density at radius 1 is 1.47 bits per heavy atom. The van der Waals surface area contributed by atoms with Crippen LogP contribution in [0.5, 0.6) is 0 Å². The lowest BCUT2D eigenvalue weighted by molar-refractivity contribution is -0.139. The highest BCUT2D eigenvalue weighted by atomic mass is 35.5. The maximum absolute atomic E-state index is 11.3. The van der Waals surface area contributed by atoms with E-state index in [0.717, 1.165) is 17.5 Å². The van der Waals surface area contributed by atoms with Gasteiger partial charge in [-0.25, -0.2) is 0 Å². The van der Waals surface area contributed by atoms with Crippen LogP contribution in [0.3, 0.4) is 0 Å². The summed E-state index contributed by atoms with van der Waals surface area (Å²) in [5.74, 6) is -0.0773. The fourth-order valence-electron chi connectivity index (χ4n) is 1.72. The van der Waals surface area contributed by atoms with Crippen LogP contribution >= 0.6 is 11.6 Å². The fourth-order valence-corrected chi connectivity index (χ4v) is 1.97. The van der Waals surface area contributed by atoms with Crippen LogP contribution in [0.15, 0.2) is 12.1 Å². The van der Waals surface area contributed by atoms with Crippen LogP contribution in [-0.2, 0) is 28.3 Å².